The fourth-order valence-corrected chi connectivity index (χ4v) is 4.00. The largest absolute Gasteiger partial charge is 0.454 e. The van der Waals surface area contributed by atoms with E-state index in [-0.39, 0.29) is 13.3 Å². The summed E-state index contributed by atoms with van der Waals surface area (Å²) in [4.78, 5) is 0.348. The van der Waals surface area contributed by atoms with Crippen LogP contribution in [0.25, 0.3) is 0 Å². The van der Waals surface area contributed by atoms with Gasteiger partial charge in [0, 0.05) is 13.6 Å². The zero-order chi connectivity index (χ0) is 16.6. The van der Waals surface area contributed by atoms with Crippen molar-refractivity contribution in [1.29, 1.82) is 0 Å². The summed E-state index contributed by atoms with van der Waals surface area (Å²) in [7, 11) is -1.96. The Balaban J connectivity index is 1.87. The van der Waals surface area contributed by atoms with Crippen molar-refractivity contribution in [2.24, 2.45) is 0 Å². The molecule has 0 aromatic heterocycles. The average Bonchev–Trinajstić information content (AvgIpc) is 2.97. The van der Waals surface area contributed by atoms with E-state index in [4.69, 9.17) is 9.47 Å². The van der Waals surface area contributed by atoms with Crippen LogP contribution in [0, 0.1) is 13.8 Å². The van der Waals surface area contributed by atoms with E-state index >= 15 is 0 Å². The number of nitrogens with zero attached hydrogens (tertiary/aromatic N) is 1. The average molecular weight is 333 g/mol. The smallest absolute Gasteiger partial charge is 0.243 e. The lowest BCUT2D eigenvalue weighted by Gasteiger charge is -2.19. The third kappa shape index (κ3) is 3.04. The van der Waals surface area contributed by atoms with Crippen molar-refractivity contribution < 1.29 is 17.9 Å². The van der Waals surface area contributed by atoms with Gasteiger partial charge in [0.1, 0.15) is 0 Å². The zero-order valence-corrected chi connectivity index (χ0v) is 14.2. The van der Waals surface area contributed by atoms with Gasteiger partial charge in [-0.25, -0.2) is 8.42 Å². The van der Waals surface area contributed by atoms with Gasteiger partial charge in [0.15, 0.2) is 11.5 Å². The number of sulfonamides is 1. The van der Waals surface area contributed by atoms with Crippen LogP contribution in [0.4, 0.5) is 0 Å². The lowest BCUT2D eigenvalue weighted by molar-refractivity contribution is 0.174. The second-order valence-electron chi connectivity index (χ2n) is 5.72. The fraction of sp³-hybridized carbons (Fsp3) is 0.294. The van der Waals surface area contributed by atoms with Crippen molar-refractivity contribution in [3.05, 3.63) is 53.1 Å². The van der Waals surface area contributed by atoms with Crippen LogP contribution < -0.4 is 9.47 Å². The predicted octanol–water partition coefficient (Wildman–Crippen LogP) is 2.85. The minimum absolute atomic E-state index is 0.204. The van der Waals surface area contributed by atoms with Crippen LogP contribution in [0.15, 0.2) is 41.3 Å². The molecular formula is C17H19NO4S. The first-order valence-electron chi connectivity index (χ1n) is 7.30. The Morgan fingerprint density at radius 3 is 2.57 bits per heavy atom. The molecule has 1 aliphatic rings. The molecule has 3 rings (SSSR count). The van der Waals surface area contributed by atoms with Crippen LogP contribution in [0.5, 0.6) is 11.5 Å². The number of fused-ring (bicyclic) bond motifs is 1. The summed E-state index contributed by atoms with van der Waals surface area (Å²) >= 11 is 0. The second kappa shape index (κ2) is 5.86. The maximum absolute atomic E-state index is 12.8. The predicted molar refractivity (Wildman–Crippen MR) is 87.1 cm³/mol. The lowest BCUT2D eigenvalue weighted by Crippen LogP contribution is -2.27. The van der Waals surface area contributed by atoms with Crippen LogP contribution in [0.1, 0.15) is 16.7 Å². The molecule has 1 heterocycles. The molecule has 0 aliphatic carbocycles. The molecule has 1 aliphatic heterocycles. The lowest BCUT2D eigenvalue weighted by atomic mass is 10.2. The van der Waals surface area contributed by atoms with Crippen molar-refractivity contribution in [2.75, 3.05) is 13.8 Å². The topological polar surface area (TPSA) is 55.8 Å². The Bertz CT molecular complexity index is 846. The van der Waals surface area contributed by atoms with Gasteiger partial charge >= 0.3 is 0 Å². The highest BCUT2D eigenvalue weighted by molar-refractivity contribution is 7.89. The van der Waals surface area contributed by atoms with Gasteiger partial charge in [0.2, 0.25) is 16.8 Å². The first-order valence-corrected chi connectivity index (χ1v) is 8.74. The molecule has 5 nitrogen and oxygen atoms in total. The molecular weight excluding hydrogens is 314 g/mol. The zero-order valence-electron chi connectivity index (χ0n) is 13.4. The summed E-state index contributed by atoms with van der Waals surface area (Å²) in [6, 6.07) is 10.9. The highest BCUT2D eigenvalue weighted by Crippen LogP contribution is 2.33. The van der Waals surface area contributed by atoms with Gasteiger partial charge in [0.25, 0.3) is 0 Å². The first-order chi connectivity index (χ1) is 10.9. The molecule has 122 valence electrons. The third-order valence-corrected chi connectivity index (χ3v) is 5.82. The first kappa shape index (κ1) is 15.8. The highest BCUT2D eigenvalue weighted by atomic mass is 32.2. The molecule has 6 heteroatoms. The highest BCUT2D eigenvalue weighted by Gasteiger charge is 2.24. The normalized spacial score (nSPS) is 13.6. The fourth-order valence-electron chi connectivity index (χ4n) is 2.53. The maximum Gasteiger partial charge on any atom is 0.243 e. The number of aryl methyl sites for hydroxylation is 2. The molecule has 0 radical (unpaired) electrons. The van der Waals surface area contributed by atoms with Gasteiger partial charge in [-0.1, -0.05) is 18.2 Å². The molecule has 2 aromatic rings. The Morgan fingerprint density at radius 2 is 1.78 bits per heavy atom. The SMILES string of the molecule is Cc1ccc(C)c(S(=O)(=O)N(C)Cc2ccc3c(c2)OCO3)c1. The molecule has 0 saturated carbocycles. The van der Waals surface area contributed by atoms with Crippen LogP contribution in [-0.4, -0.2) is 26.6 Å². The van der Waals surface area contributed by atoms with Crippen LogP contribution >= 0.6 is 0 Å². The number of benzene rings is 2. The summed E-state index contributed by atoms with van der Waals surface area (Å²) in [6.07, 6.45) is 0. The summed E-state index contributed by atoms with van der Waals surface area (Å²) in [5.41, 5.74) is 2.52. The van der Waals surface area contributed by atoms with Crippen LogP contribution in [0.3, 0.4) is 0 Å². The Kier molecular flexibility index (Phi) is 4.04. The standard InChI is InChI=1S/C17H19NO4S/c1-12-4-5-13(2)17(8-12)23(19,20)18(3)10-14-6-7-15-16(9-14)22-11-21-15/h4-9H,10-11H2,1-3H3. The van der Waals surface area contributed by atoms with E-state index in [9.17, 15) is 8.42 Å². The number of ether oxygens (including phenoxy) is 2. The second-order valence-corrected chi connectivity index (χ2v) is 7.73. The van der Waals surface area contributed by atoms with Gasteiger partial charge < -0.3 is 9.47 Å². The van der Waals surface area contributed by atoms with Crippen molar-refractivity contribution >= 4 is 10.0 Å². The third-order valence-electron chi connectivity index (χ3n) is 3.87. The van der Waals surface area contributed by atoms with E-state index in [1.165, 1.54) is 4.31 Å². The summed E-state index contributed by atoms with van der Waals surface area (Å²) in [5, 5.41) is 0. The van der Waals surface area contributed by atoms with Crippen LogP contribution in [0.2, 0.25) is 0 Å². The van der Waals surface area contributed by atoms with Gasteiger partial charge in [-0.05, 0) is 48.7 Å². The van der Waals surface area contributed by atoms with Gasteiger partial charge in [0.05, 0.1) is 4.90 Å². The molecule has 0 saturated heterocycles. The van der Waals surface area contributed by atoms with Crippen molar-refractivity contribution in [2.45, 2.75) is 25.3 Å². The maximum atomic E-state index is 12.8. The van der Waals surface area contributed by atoms with Crippen LogP contribution in [-0.2, 0) is 16.6 Å². The van der Waals surface area contributed by atoms with E-state index in [0.29, 0.717) is 16.4 Å². The summed E-state index contributed by atoms with van der Waals surface area (Å²) in [5.74, 6) is 1.34. The monoisotopic (exact) mass is 333 g/mol. The molecule has 2 aromatic carbocycles. The van der Waals surface area contributed by atoms with Crippen molar-refractivity contribution in [3.8, 4) is 11.5 Å². The Hall–Kier alpha value is -2.05. The van der Waals surface area contributed by atoms with Gasteiger partial charge in [-0.15, -0.1) is 0 Å². The van der Waals surface area contributed by atoms with E-state index in [2.05, 4.69) is 0 Å². The Labute approximate surface area is 136 Å². The van der Waals surface area contributed by atoms with E-state index in [1.807, 2.05) is 31.2 Å². The minimum atomic E-state index is -3.54. The number of hydrogen-bond donors (Lipinski definition) is 0. The summed E-state index contributed by atoms with van der Waals surface area (Å²) in [6.45, 7) is 4.17. The van der Waals surface area contributed by atoms with Crippen molar-refractivity contribution in [1.82, 2.24) is 4.31 Å². The number of hydrogen-bond acceptors (Lipinski definition) is 4. The van der Waals surface area contributed by atoms with E-state index in [1.54, 1.807) is 26.1 Å². The summed E-state index contributed by atoms with van der Waals surface area (Å²) < 4.78 is 37.6. The molecule has 0 bridgehead atoms. The van der Waals surface area contributed by atoms with E-state index in [0.717, 1.165) is 16.7 Å². The molecule has 0 atom stereocenters. The molecule has 0 N–H and O–H groups in total. The molecule has 0 spiro atoms. The molecule has 0 fully saturated rings. The number of rotatable bonds is 4. The molecule has 0 amide bonds. The molecule has 0 unspecified atom stereocenters. The van der Waals surface area contributed by atoms with Gasteiger partial charge in [-0.3, -0.25) is 0 Å². The quantitative estimate of drug-likeness (QED) is 0.863. The molecule has 23 heavy (non-hydrogen) atoms. The van der Waals surface area contributed by atoms with E-state index < -0.39 is 10.0 Å². The van der Waals surface area contributed by atoms with Crippen molar-refractivity contribution in [3.63, 3.8) is 0 Å². The Morgan fingerprint density at radius 1 is 1.04 bits per heavy atom. The van der Waals surface area contributed by atoms with Gasteiger partial charge in [-0.2, -0.15) is 4.31 Å². The minimum Gasteiger partial charge on any atom is -0.454 e.